The van der Waals surface area contributed by atoms with Gasteiger partial charge in [-0.25, -0.2) is 4.98 Å². The quantitative estimate of drug-likeness (QED) is 0.779. The molecule has 1 aromatic heterocycles. The third-order valence-electron chi connectivity index (χ3n) is 3.59. The average molecular weight is 206 g/mol. The van der Waals surface area contributed by atoms with Gasteiger partial charge < -0.3 is 9.88 Å². The van der Waals surface area contributed by atoms with Crippen molar-refractivity contribution in [2.45, 2.75) is 38.5 Å². The third-order valence-corrected chi connectivity index (χ3v) is 3.59. The van der Waals surface area contributed by atoms with Crippen LogP contribution in [0.1, 0.15) is 19.0 Å². The van der Waals surface area contributed by atoms with Crippen LogP contribution < -0.4 is 5.32 Å². The molecule has 0 spiro atoms. The molecule has 4 nitrogen and oxygen atoms in total. The van der Waals surface area contributed by atoms with Crippen LogP contribution in [0, 0.1) is 0 Å². The number of aromatic nitrogens is 2. The minimum Gasteiger partial charge on any atom is -0.337 e. The van der Waals surface area contributed by atoms with Crippen molar-refractivity contribution in [1.82, 2.24) is 19.8 Å². The van der Waals surface area contributed by atoms with E-state index < -0.39 is 0 Å². The number of nitrogens with zero attached hydrogens (tertiary/aromatic N) is 3. The number of rotatable bonds is 3. The van der Waals surface area contributed by atoms with Crippen LogP contribution in [0.2, 0.25) is 0 Å². The smallest absolute Gasteiger partial charge is 0.0949 e. The van der Waals surface area contributed by atoms with E-state index in [9.17, 15) is 0 Å². The van der Waals surface area contributed by atoms with Gasteiger partial charge in [0.1, 0.15) is 0 Å². The summed E-state index contributed by atoms with van der Waals surface area (Å²) in [5.74, 6) is 0. The molecule has 4 heteroatoms. The number of hydrogen-bond acceptors (Lipinski definition) is 3. The average Bonchev–Trinajstić information content (AvgIpc) is 2.92. The van der Waals surface area contributed by atoms with E-state index in [2.05, 4.69) is 32.9 Å². The lowest BCUT2D eigenvalue weighted by Crippen LogP contribution is -2.43. The second-order valence-electron chi connectivity index (χ2n) is 4.62. The second kappa shape index (κ2) is 3.61. The summed E-state index contributed by atoms with van der Waals surface area (Å²) in [5.41, 5.74) is 1.21. The molecule has 2 fully saturated rings. The lowest BCUT2D eigenvalue weighted by Gasteiger charge is -2.26. The van der Waals surface area contributed by atoms with Crippen molar-refractivity contribution in [3.05, 3.63) is 18.2 Å². The maximum atomic E-state index is 4.43. The van der Waals surface area contributed by atoms with E-state index in [-0.39, 0.29) is 0 Å². The van der Waals surface area contributed by atoms with E-state index >= 15 is 0 Å². The van der Waals surface area contributed by atoms with Crippen molar-refractivity contribution in [3.63, 3.8) is 0 Å². The Kier molecular flexibility index (Phi) is 2.25. The molecule has 3 rings (SSSR count). The van der Waals surface area contributed by atoms with E-state index in [0.29, 0.717) is 0 Å². The van der Waals surface area contributed by atoms with Crippen LogP contribution in [0.15, 0.2) is 12.5 Å². The SMILES string of the molecule is CCn1cnc(CN2C[C@@H]3CC2CN3)c1. The Balaban J connectivity index is 1.65. The highest BCUT2D eigenvalue weighted by Gasteiger charge is 2.37. The summed E-state index contributed by atoms with van der Waals surface area (Å²) in [6.45, 7) is 6.55. The molecule has 0 amide bonds. The molecule has 0 aliphatic carbocycles. The molecule has 3 heterocycles. The number of likely N-dealkylation sites (tertiary alicyclic amines) is 1. The third kappa shape index (κ3) is 1.68. The predicted octanol–water partition coefficient (Wildman–Crippen LogP) is 0.449. The zero-order valence-corrected chi connectivity index (χ0v) is 9.19. The van der Waals surface area contributed by atoms with E-state index in [1.165, 1.54) is 25.2 Å². The summed E-state index contributed by atoms with van der Waals surface area (Å²) in [4.78, 5) is 6.99. The van der Waals surface area contributed by atoms with Crippen LogP contribution in [-0.2, 0) is 13.1 Å². The standard InChI is InChI=1S/C11H18N4/c1-2-14-5-10(13-8-14)7-15-6-9-3-11(15)4-12-9/h5,8-9,11-12H,2-4,6-7H2,1H3/t9-,11?/m0/s1. The molecular formula is C11H18N4. The molecule has 2 bridgehead atoms. The maximum Gasteiger partial charge on any atom is 0.0949 e. The monoisotopic (exact) mass is 206 g/mol. The maximum absolute atomic E-state index is 4.43. The second-order valence-corrected chi connectivity index (χ2v) is 4.62. The van der Waals surface area contributed by atoms with Gasteiger partial charge >= 0.3 is 0 Å². The Hall–Kier alpha value is -0.870. The highest BCUT2D eigenvalue weighted by molar-refractivity contribution is 5.03. The number of aryl methyl sites for hydroxylation is 1. The van der Waals surface area contributed by atoms with Crippen molar-refractivity contribution in [3.8, 4) is 0 Å². The topological polar surface area (TPSA) is 33.1 Å². The molecule has 1 aromatic rings. The summed E-state index contributed by atoms with van der Waals surface area (Å²) in [6.07, 6.45) is 5.43. The molecule has 0 aromatic carbocycles. The Labute approximate surface area is 90.3 Å². The zero-order chi connectivity index (χ0) is 10.3. The van der Waals surface area contributed by atoms with Gasteiger partial charge in [0, 0.05) is 44.5 Å². The zero-order valence-electron chi connectivity index (χ0n) is 9.19. The summed E-state index contributed by atoms with van der Waals surface area (Å²) in [5, 5.41) is 3.52. The van der Waals surface area contributed by atoms with Crippen LogP contribution in [-0.4, -0.2) is 39.6 Å². The highest BCUT2D eigenvalue weighted by Crippen LogP contribution is 2.24. The van der Waals surface area contributed by atoms with Gasteiger partial charge in [-0.1, -0.05) is 0 Å². The predicted molar refractivity (Wildman–Crippen MR) is 58.5 cm³/mol. The first kappa shape index (κ1) is 9.36. The lowest BCUT2D eigenvalue weighted by atomic mass is 10.2. The first-order chi connectivity index (χ1) is 7.35. The molecule has 82 valence electrons. The molecule has 0 radical (unpaired) electrons. The highest BCUT2D eigenvalue weighted by atomic mass is 15.3. The number of imidazole rings is 1. The molecule has 15 heavy (non-hydrogen) atoms. The van der Waals surface area contributed by atoms with Gasteiger partial charge in [-0.15, -0.1) is 0 Å². The largest absolute Gasteiger partial charge is 0.337 e. The van der Waals surface area contributed by atoms with Crippen LogP contribution in [0.5, 0.6) is 0 Å². The van der Waals surface area contributed by atoms with Gasteiger partial charge in [0.2, 0.25) is 0 Å². The summed E-state index contributed by atoms with van der Waals surface area (Å²) in [6, 6.07) is 1.49. The molecule has 0 saturated carbocycles. The van der Waals surface area contributed by atoms with Gasteiger partial charge in [-0.05, 0) is 13.3 Å². The molecular weight excluding hydrogens is 188 g/mol. The van der Waals surface area contributed by atoms with Gasteiger partial charge in [-0.3, -0.25) is 4.90 Å². The van der Waals surface area contributed by atoms with Crippen molar-refractivity contribution >= 4 is 0 Å². The number of piperazine rings is 1. The normalized spacial score (nSPS) is 30.2. The van der Waals surface area contributed by atoms with E-state index in [0.717, 1.165) is 25.2 Å². The Morgan fingerprint density at radius 2 is 2.53 bits per heavy atom. The fraction of sp³-hybridized carbons (Fsp3) is 0.727. The Morgan fingerprint density at radius 1 is 1.60 bits per heavy atom. The summed E-state index contributed by atoms with van der Waals surface area (Å²) in [7, 11) is 0. The van der Waals surface area contributed by atoms with Gasteiger partial charge in [0.25, 0.3) is 0 Å². The van der Waals surface area contributed by atoms with Crippen molar-refractivity contribution in [2.24, 2.45) is 0 Å². The number of fused-ring (bicyclic) bond motifs is 2. The summed E-state index contributed by atoms with van der Waals surface area (Å²) >= 11 is 0. The van der Waals surface area contributed by atoms with E-state index in [1.807, 2.05) is 6.33 Å². The Morgan fingerprint density at radius 3 is 3.13 bits per heavy atom. The van der Waals surface area contributed by atoms with Crippen LogP contribution in [0.4, 0.5) is 0 Å². The first-order valence-electron chi connectivity index (χ1n) is 5.83. The fourth-order valence-corrected chi connectivity index (χ4v) is 2.71. The van der Waals surface area contributed by atoms with E-state index in [1.54, 1.807) is 0 Å². The van der Waals surface area contributed by atoms with Gasteiger partial charge in [-0.2, -0.15) is 0 Å². The molecule has 1 unspecified atom stereocenters. The fourth-order valence-electron chi connectivity index (χ4n) is 2.71. The van der Waals surface area contributed by atoms with E-state index in [4.69, 9.17) is 0 Å². The van der Waals surface area contributed by atoms with Gasteiger partial charge in [0.05, 0.1) is 12.0 Å². The number of nitrogens with one attached hydrogen (secondary N) is 1. The van der Waals surface area contributed by atoms with Gasteiger partial charge in [0.15, 0.2) is 0 Å². The Bertz CT molecular complexity index is 346. The lowest BCUT2D eigenvalue weighted by molar-refractivity contribution is 0.215. The molecule has 2 atom stereocenters. The number of hydrogen-bond donors (Lipinski definition) is 1. The van der Waals surface area contributed by atoms with Crippen LogP contribution in [0.3, 0.4) is 0 Å². The molecule has 2 saturated heterocycles. The van der Waals surface area contributed by atoms with Crippen molar-refractivity contribution in [2.75, 3.05) is 13.1 Å². The van der Waals surface area contributed by atoms with Crippen LogP contribution >= 0.6 is 0 Å². The molecule has 1 N–H and O–H groups in total. The first-order valence-corrected chi connectivity index (χ1v) is 5.83. The minimum atomic E-state index is 0.739. The van der Waals surface area contributed by atoms with Crippen molar-refractivity contribution < 1.29 is 0 Å². The van der Waals surface area contributed by atoms with Crippen LogP contribution in [0.25, 0.3) is 0 Å². The summed E-state index contributed by atoms with van der Waals surface area (Å²) < 4.78 is 2.14. The minimum absolute atomic E-state index is 0.739. The van der Waals surface area contributed by atoms with Crippen molar-refractivity contribution in [1.29, 1.82) is 0 Å². The molecule has 2 aliphatic heterocycles. The molecule has 2 aliphatic rings.